The fourth-order valence-corrected chi connectivity index (χ4v) is 4.56. The van der Waals surface area contributed by atoms with E-state index in [1.54, 1.807) is 7.11 Å². The number of nitrogens with zero attached hydrogens (tertiary/aromatic N) is 2. The van der Waals surface area contributed by atoms with Crippen LogP contribution in [0.4, 0.5) is 0 Å². The lowest BCUT2D eigenvalue weighted by Gasteiger charge is -2.27. The lowest BCUT2D eigenvalue weighted by atomic mass is 9.95. The van der Waals surface area contributed by atoms with Crippen LogP contribution in [0.5, 0.6) is 11.5 Å². The second-order valence-corrected chi connectivity index (χ2v) is 8.69. The highest BCUT2D eigenvalue weighted by Gasteiger charge is 2.42. The van der Waals surface area contributed by atoms with Gasteiger partial charge in [-0.15, -0.1) is 0 Å². The number of hydrogen-bond acceptors (Lipinski definition) is 4. The van der Waals surface area contributed by atoms with Crippen LogP contribution in [0.25, 0.3) is 11.3 Å². The first-order valence-corrected chi connectivity index (χ1v) is 12.0. The van der Waals surface area contributed by atoms with Crippen LogP contribution in [0.15, 0.2) is 78.9 Å². The molecule has 0 saturated heterocycles. The van der Waals surface area contributed by atoms with E-state index < -0.39 is 0 Å². The highest BCUT2D eigenvalue weighted by molar-refractivity contribution is 6.00. The summed E-state index contributed by atoms with van der Waals surface area (Å²) < 4.78 is 11.3. The number of amides is 1. The number of carbonyl (C=O) groups excluding carboxylic acids is 1. The minimum atomic E-state index is -0.289. The van der Waals surface area contributed by atoms with Gasteiger partial charge in [-0.1, -0.05) is 67.9 Å². The molecule has 0 spiro atoms. The molecule has 0 fully saturated rings. The van der Waals surface area contributed by atoms with Gasteiger partial charge in [-0.3, -0.25) is 9.89 Å². The van der Waals surface area contributed by atoms with Crippen molar-refractivity contribution >= 4 is 5.91 Å². The molecule has 4 aromatic rings. The van der Waals surface area contributed by atoms with E-state index in [1.807, 2.05) is 77.7 Å². The second-order valence-electron chi connectivity index (χ2n) is 8.69. The summed E-state index contributed by atoms with van der Waals surface area (Å²) in [4.78, 5) is 15.6. The highest BCUT2D eigenvalue weighted by Crippen LogP contribution is 2.44. The van der Waals surface area contributed by atoms with Crippen molar-refractivity contribution in [3.63, 3.8) is 0 Å². The van der Waals surface area contributed by atoms with Crippen LogP contribution in [-0.2, 0) is 6.54 Å². The highest BCUT2D eigenvalue weighted by atomic mass is 16.5. The second kappa shape index (κ2) is 10.1. The van der Waals surface area contributed by atoms with Crippen LogP contribution in [0.2, 0.25) is 0 Å². The topological polar surface area (TPSA) is 67.5 Å². The Morgan fingerprint density at radius 2 is 1.77 bits per heavy atom. The first-order valence-electron chi connectivity index (χ1n) is 12.0. The third-order valence-electron chi connectivity index (χ3n) is 6.36. The molecule has 1 amide bonds. The fraction of sp³-hybridized carbons (Fsp3) is 0.241. The van der Waals surface area contributed by atoms with Gasteiger partial charge in [0.15, 0.2) is 0 Å². The van der Waals surface area contributed by atoms with E-state index in [0.717, 1.165) is 52.3 Å². The number of fused-ring (bicyclic) bond motifs is 1. The van der Waals surface area contributed by atoms with Crippen molar-refractivity contribution < 1.29 is 14.3 Å². The maximum absolute atomic E-state index is 13.6. The number of rotatable bonds is 9. The molecule has 1 aromatic heterocycles. The van der Waals surface area contributed by atoms with Crippen molar-refractivity contribution in [2.24, 2.45) is 0 Å². The molecular weight excluding hydrogens is 438 g/mol. The monoisotopic (exact) mass is 467 g/mol. The molecule has 2 heterocycles. The summed E-state index contributed by atoms with van der Waals surface area (Å²) in [7, 11) is 1.65. The molecule has 35 heavy (non-hydrogen) atoms. The maximum atomic E-state index is 13.6. The van der Waals surface area contributed by atoms with Gasteiger partial charge in [0.2, 0.25) is 0 Å². The number of unbranched alkanes of at least 4 members (excludes halogenated alkanes) is 1. The molecular formula is C29H29N3O3. The van der Waals surface area contributed by atoms with Crippen LogP contribution >= 0.6 is 0 Å². The molecule has 5 rings (SSSR count). The average molecular weight is 468 g/mol. The number of carbonyl (C=O) groups is 1. The zero-order valence-electron chi connectivity index (χ0n) is 20.0. The van der Waals surface area contributed by atoms with E-state index in [9.17, 15) is 4.79 Å². The summed E-state index contributed by atoms with van der Waals surface area (Å²) >= 11 is 0. The Bertz CT molecular complexity index is 1300. The molecule has 0 aliphatic carbocycles. The van der Waals surface area contributed by atoms with Crippen molar-refractivity contribution in [3.8, 4) is 22.8 Å². The summed E-state index contributed by atoms with van der Waals surface area (Å²) in [6.45, 7) is 3.28. The summed E-state index contributed by atoms with van der Waals surface area (Å²) in [5.74, 6) is 1.54. The van der Waals surface area contributed by atoms with E-state index in [1.165, 1.54) is 0 Å². The Hall–Kier alpha value is -4.06. The summed E-state index contributed by atoms with van der Waals surface area (Å²) in [5, 5.41) is 7.59. The SMILES string of the molecule is CCCCOc1cccc(C2c3c(-c4ccccc4)n[nH]c3C(=O)N2Cc2ccc(OC)cc2)c1. The minimum Gasteiger partial charge on any atom is -0.497 e. The number of nitrogens with one attached hydrogen (secondary N) is 1. The number of H-pyrrole nitrogens is 1. The van der Waals surface area contributed by atoms with Gasteiger partial charge in [-0.2, -0.15) is 5.10 Å². The third kappa shape index (κ3) is 4.52. The molecule has 1 atom stereocenters. The van der Waals surface area contributed by atoms with Crippen LogP contribution in [0.1, 0.15) is 53.0 Å². The van der Waals surface area contributed by atoms with E-state index in [0.29, 0.717) is 18.8 Å². The first-order chi connectivity index (χ1) is 17.2. The third-order valence-corrected chi connectivity index (χ3v) is 6.36. The van der Waals surface area contributed by atoms with Gasteiger partial charge in [-0.05, 0) is 41.8 Å². The number of aromatic amines is 1. The molecule has 1 unspecified atom stereocenters. The number of hydrogen-bond donors (Lipinski definition) is 1. The largest absolute Gasteiger partial charge is 0.497 e. The Kier molecular flexibility index (Phi) is 6.53. The van der Waals surface area contributed by atoms with Crippen LogP contribution in [0.3, 0.4) is 0 Å². The van der Waals surface area contributed by atoms with Gasteiger partial charge >= 0.3 is 0 Å². The maximum Gasteiger partial charge on any atom is 0.273 e. The van der Waals surface area contributed by atoms with Gasteiger partial charge in [-0.25, -0.2) is 0 Å². The van der Waals surface area contributed by atoms with Crippen molar-refractivity contribution in [1.29, 1.82) is 0 Å². The standard InChI is InChI=1S/C29H29N3O3/c1-3-4-17-35-24-12-8-11-22(18-24)28-25-26(21-9-6-5-7-10-21)30-31-27(25)29(33)32(28)19-20-13-15-23(34-2)16-14-20/h5-16,18,28H,3-4,17,19H2,1-2H3,(H,30,31). The molecule has 1 aliphatic rings. The molecule has 6 heteroatoms. The Morgan fingerprint density at radius 3 is 2.51 bits per heavy atom. The number of benzene rings is 3. The van der Waals surface area contributed by atoms with Gasteiger partial charge in [0.1, 0.15) is 17.2 Å². The van der Waals surface area contributed by atoms with Gasteiger partial charge in [0.05, 0.1) is 25.5 Å². The molecule has 1 N–H and O–H groups in total. The molecule has 0 radical (unpaired) electrons. The molecule has 0 bridgehead atoms. The number of methoxy groups -OCH3 is 1. The smallest absolute Gasteiger partial charge is 0.273 e. The van der Waals surface area contributed by atoms with E-state index in [4.69, 9.17) is 9.47 Å². The van der Waals surface area contributed by atoms with E-state index >= 15 is 0 Å². The van der Waals surface area contributed by atoms with Crippen LogP contribution in [-0.4, -0.2) is 34.7 Å². The van der Waals surface area contributed by atoms with Crippen molar-refractivity contribution in [1.82, 2.24) is 15.1 Å². The molecule has 1 aliphatic heterocycles. The summed E-state index contributed by atoms with van der Waals surface area (Å²) in [6, 6.07) is 25.6. The average Bonchev–Trinajstić information content (AvgIpc) is 3.44. The van der Waals surface area contributed by atoms with Crippen LogP contribution in [0, 0.1) is 0 Å². The van der Waals surface area contributed by atoms with E-state index in [-0.39, 0.29) is 11.9 Å². The fourth-order valence-electron chi connectivity index (χ4n) is 4.56. The summed E-state index contributed by atoms with van der Waals surface area (Å²) in [6.07, 6.45) is 2.07. The Labute approximate surface area is 205 Å². The van der Waals surface area contributed by atoms with Crippen molar-refractivity contribution in [2.45, 2.75) is 32.4 Å². The predicted molar refractivity (Wildman–Crippen MR) is 136 cm³/mol. The van der Waals surface area contributed by atoms with Crippen molar-refractivity contribution in [2.75, 3.05) is 13.7 Å². The number of ether oxygens (including phenoxy) is 2. The zero-order chi connectivity index (χ0) is 24.2. The summed E-state index contributed by atoms with van der Waals surface area (Å²) in [5.41, 5.74) is 5.25. The van der Waals surface area contributed by atoms with Gasteiger partial charge in [0, 0.05) is 17.7 Å². The van der Waals surface area contributed by atoms with Crippen molar-refractivity contribution in [3.05, 3.63) is 101 Å². The Morgan fingerprint density at radius 1 is 0.971 bits per heavy atom. The Balaban J connectivity index is 1.56. The van der Waals surface area contributed by atoms with Crippen LogP contribution < -0.4 is 9.47 Å². The van der Waals surface area contributed by atoms with E-state index in [2.05, 4.69) is 23.2 Å². The quantitative estimate of drug-likeness (QED) is 0.306. The molecule has 178 valence electrons. The lowest BCUT2D eigenvalue weighted by Crippen LogP contribution is -2.29. The number of aromatic nitrogens is 2. The molecule has 0 saturated carbocycles. The van der Waals surface area contributed by atoms with Gasteiger partial charge in [0.25, 0.3) is 5.91 Å². The normalized spacial score (nSPS) is 14.7. The molecule has 3 aromatic carbocycles. The zero-order valence-corrected chi connectivity index (χ0v) is 20.0. The minimum absolute atomic E-state index is 0.0622. The lowest BCUT2D eigenvalue weighted by molar-refractivity contribution is 0.0730. The van der Waals surface area contributed by atoms with Gasteiger partial charge < -0.3 is 14.4 Å². The first kappa shape index (κ1) is 22.7. The predicted octanol–water partition coefficient (Wildman–Crippen LogP) is 6.01. The molecule has 6 nitrogen and oxygen atoms in total.